The maximum absolute atomic E-state index is 11.4. The van der Waals surface area contributed by atoms with E-state index < -0.39 is 5.06 Å². The molecule has 1 fully saturated rings. The third kappa shape index (κ3) is 3.15. The number of ether oxygens (including phenoxy) is 1. The van der Waals surface area contributed by atoms with Crippen molar-refractivity contribution in [1.82, 2.24) is 0 Å². The van der Waals surface area contributed by atoms with Gasteiger partial charge in [-0.3, -0.25) is 14.9 Å². The molecular formula is C17H17NO3S. The molecule has 0 N–H and O–H groups in total. The Balaban J connectivity index is 1.64. The summed E-state index contributed by atoms with van der Waals surface area (Å²) in [6, 6.07) is 17.7. The summed E-state index contributed by atoms with van der Waals surface area (Å²) < 4.78 is 5.49. The van der Waals surface area contributed by atoms with Crippen molar-refractivity contribution in [3.63, 3.8) is 0 Å². The van der Waals surface area contributed by atoms with Gasteiger partial charge in [-0.05, 0) is 49.2 Å². The van der Waals surface area contributed by atoms with E-state index in [9.17, 15) is 10.1 Å². The second-order valence-electron chi connectivity index (χ2n) is 5.43. The maximum atomic E-state index is 11.4. The third-order valence-corrected chi connectivity index (χ3v) is 5.05. The van der Waals surface area contributed by atoms with E-state index >= 15 is 0 Å². The highest BCUT2D eigenvalue weighted by molar-refractivity contribution is 8.00. The van der Waals surface area contributed by atoms with Gasteiger partial charge < -0.3 is 0 Å². The summed E-state index contributed by atoms with van der Waals surface area (Å²) in [6.07, 6.45) is 1.10. The van der Waals surface area contributed by atoms with Crippen molar-refractivity contribution in [2.45, 2.75) is 35.8 Å². The molecule has 0 bridgehead atoms. The Bertz CT molecular complexity index is 659. The Labute approximate surface area is 133 Å². The number of nitro groups is 1. The van der Waals surface area contributed by atoms with Gasteiger partial charge in [-0.1, -0.05) is 48.0 Å². The average Bonchev–Trinajstić information content (AvgIpc) is 3.23. The molecule has 1 saturated heterocycles. The molecule has 114 valence electrons. The van der Waals surface area contributed by atoms with Crippen molar-refractivity contribution < 1.29 is 9.66 Å². The summed E-state index contributed by atoms with van der Waals surface area (Å²) in [6.45, 7) is 1.99. The molecule has 5 heteroatoms. The lowest BCUT2D eigenvalue weighted by atomic mass is 10.1. The van der Waals surface area contributed by atoms with E-state index in [1.165, 1.54) is 17.3 Å². The number of hydrogen-bond donors (Lipinski definition) is 0. The Morgan fingerprint density at radius 3 is 2.50 bits per heavy atom. The molecule has 2 atom stereocenters. The molecule has 0 spiro atoms. The predicted octanol–water partition coefficient (Wildman–Crippen LogP) is 4.05. The zero-order valence-electron chi connectivity index (χ0n) is 12.3. The molecular weight excluding hydrogens is 298 g/mol. The van der Waals surface area contributed by atoms with Crippen LogP contribution in [0.15, 0.2) is 59.5 Å². The molecule has 22 heavy (non-hydrogen) atoms. The van der Waals surface area contributed by atoms with Crippen molar-refractivity contribution in [2.75, 3.05) is 0 Å². The smallest absolute Gasteiger partial charge is 0.289 e. The van der Waals surface area contributed by atoms with Crippen LogP contribution in [0.4, 0.5) is 0 Å². The molecule has 2 aromatic rings. The fourth-order valence-corrected chi connectivity index (χ4v) is 3.51. The van der Waals surface area contributed by atoms with Crippen LogP contribution in [0.1, 0.15) is 17.5 Å². The third-order valence-electron chi connectivity index (χ3n) is 3.74. The Kier molecular flexibility index (Phi) is 4.18. The maximum Gasteiger partial charge on any atom is 0.405 e. The molecule has 0 aliphatic carbocycles. The minimum atomic E-state index is -1.32. The van der Waals surface area contributed by atoms with Crippen LogP contribution in [0.2, 0.25) is 0 Å². The molecule has 4 nitrogen and oxygen atoms in total. The number of nitrogens with zero attached hydrogens (tertiary/aromatic N) is 1. The Morgan fingerprint density at radius 1 is 1.18 bits per heavy atom. The van der Waals surface area contributed by atoms with E-state index in [0.717, 1.165) is 16.9 Å². The normalized spacial score (nSPS) is 23.2. The Morgan fingerprint density at radius 2 is 1.86 bits per heavy atom. The molecule has 0 saturated carbocycles. The Hall–Kier alpha value is -1.85. The lowest BCUT2D eigenvalue weighted by Crippen LogP contribution is -2.22. The van der Waals surface area contributed by atoms with Crippen molar-refractivity contribution in [3.8, 4) is 0 Å². The second-order valence-corrected chi connectivity index (χ2v) is 6.69. The van der Waals surface area contributed by atoms with Crippen LogP contribution in [-0.2, 0) is 11.2 Å². The molecule has 3 rings (SSSR count). The predicted molar refractivity (Wildman–Crippen MR) is 86.4 cm³/mol. The van der Waals surface area contributed by atoms with Crippen molar-refractivity contribution in [2.24, 2.45) is 0 Å². The van der Waals surface area contributed by atoms with E-state index in [1.54, 1.807) is 0 Å². The van der Waals surface area contributed by atoms with E-state index in [2.05, 4.69) is 0 Å². The first-order valence-corrected chi connectivity index (χ1v) is 8.04. The first-order chi connectivity index (χ1) is 10.6. The van der Waals surface area contributed by atoms with Crippen LogP contribution in [0.3, 0.4) is 0 Å². The first-order valence-electron chi connectivity index (χ1n) is 7.22. The topological polar surface area (TPSA) is 55.7 Å². The minimum absolute atomic E-state index is 0.298. The van der Waals surface area contributed by atoms with E-state index in [0.29, 0.717) is 6.42 Å². The van der Waals surface area contributed by atoms with Gasteiger partial charge >= 0.3 is 5.06 Å². The number of thioether (sulfide) groups is 1. The van der Waals surface area contributed by atoms with E-state index in [-0.39, 0.29) is 11.0 Å². The van der Waals surface area contributed by atoms with Gasteiger partial charge in [0.2, 0.25) is 0 Å². The molecule has 2 unspecified atom stereocenters. The van der Waals surface area contributed by atoms with Gasteiger partial charge in [0, 0.05) is 4.90 Å². The van der Waals surface area contributed by atoms with Crippen molar-refractivity contribution in [1.29, 1.82) is 0 Å². The summed E-state index contributed by atoms with van der Waals surface area (Å²) in [4.78, 5) is 12.0. The standard InChI is InChI=1S/C17H17NO3S/c1-13-7-10-15(11-8-13)22-17(18(19)20)16(21-17)12-9-14-5-3-2-4-6-14/h2-8,10-11,16H,9,12H2,1H3. The van der Waals surface area contributed by atoms with E-state index in [1.807, 2.05) is 61.5 Å². The van der Waals surface area contributed by atoms with E-state index in [4.69, 9.17) is 4.74 Å². The van der Waals surface area contributed by atoms with Gasteiger partial charge in [-0.15, -0.1) is 0 Å². The average molecular weight is 315 g/mol. The molecule has 0 aromatic heterocycles. The lowest BCUT2D eigenvalue weighted by Gasteiger charge is -2.05. The molecule has 1 heterocycles. The molecule has 0 radical (unpaired) electrons. The van der Waals surface area contributed by atoms with Gasteiger partial charge in [-0.2, -0.15) is 0 Å². The zero-order chi connectivity index (χ0) is 15.6. The van der Waals surface area contributed by atoms with Crippen molar-refractivity contribution in [3.05, 3.63) is 75.8 Å². The summed E-state index contributed by atoms with van der Waals surface area (Å²) in [5.74, 6) is 0. The largest absolute Gasteiger partial charge is 0.405 e. The van der Waals surface area contributed by atoms with Crippen LogP contribution in [0.25, 0.3) is 0 Å². The number of epoxide rings is 1. The number of benzene rings is 2. The highest BCUT2D eigenvalue weighted by Gasteiger charge is 2.69. The summed E-state index contributed by atoms with van der Waals surface area (Å²) in [5.41, 5.74) is 2.31. The molecule has 0 amide bonds. The van der Waals surface area contributed by atoms with Gasteiger partial charge in [0.25, 0.3) is 0 Å². The van der Waals surface area contributed by atoms with Crippen LogP contribution in [0, 0.1) is 17.0 Å². The molecule has 2 aromatic carbocycles. The quantitative estimate of drug-likeness (QED) is 0.349. The monoisotopic (exact) mass is 315 g/mol. The minimum Gasteiger partial charge on any atom is -0.289 e. The second kappa shape index (κ2) is 6.10. The summed E-state index contributed by atoms with van der Waals surface area (Å²) in [7, 11) is 0. The summed E-state index contributed by atoms with van der Waals surface area (Å²) in [5, 5.41) is 10.1. The fraction of sp³-hybridized carbons (Fsp3) is 0.294. The van der Waals surface area contributed by atoms with Crippen LogP contribution in [-0.4, -0.2) is 16.1 Å². The first kappa shape index (κ1) is 15.1. The van der Waals surface area contributed by atoms with Crippen LogP contribution in [0.5, 0.6) is 0 Å². The summed E-state index contributed by atoms with van der Waals surface area (Å²) >= 11 is 1.20. The number of hydrogen-bond acceptors (Lipinski definition) is 4. The zero-order valence-corrected chi connectivity index (χ0v) is 13.1. The highest BCUT2D eigenvalue weighted by atomic mass is 32.2. The fourth-order valence-electron chi connectivity index (χ4n) is 2.42. The molecule has 1 aliphatic heterocycles. The number of aryl methyl sites for hydroxylation is 2. The van der Waals surface area contributed by atoms with Gasteiger partial charge in [0.05, 0.1) is 4.92 Å². The van der Waals surface area contributed by atoms with Gasteiger partial charge in [0.1, 0.15) is 0 Å². The highest BCUT2D eigenvalue weighted by Crippen LogP contribution is 2.52. The molecule has 1 aliphatic rings. The SMILES string of the molecule is Cc1ccc(SC2([N+](=O)[O-])OC2CCc2ccccc2)cc1. The van der Waals surface area contributed by atoms with Crippen molar-refractivity contribution >= 4 is 11.8 Å². The van der Waals surface area contributed by atoms with Gasteiger partial charge in [0.15, 0.2) is 6.10 Å². The lowest BCUT2D eigenvalue weighted by molar-refractivity contribution is -0.532. The van der Waals surface area contributed by atoms with Crippen LogP contribution >= 0.6 is 11.8 Å². The number of rotatable bonds is 6. The van der Waals surface area contributed by atoms with Gasteiger partial charge in [-0.25, -0.2) is 0 Å². The van der Waals surface area contributed by atoms with Crippen LogP contribution < -0.4 is 0 Å².